The van der Waals surface area contributed by atoms with Crippen LogP contribution in [-0.4, -0.2) is 45.6 Å². The predicted octanol–water partition coefficient (Wildman–Crippen LogP) is 4.02. The average Bonchev–Trinajstić information content (AvgIpc) is 3.23. The molecule has 0 aliphatic carbocycles. The van der Waals surface area contributed by atoms with Gasteiger partial charge in [-0.3, -0.25) is 0 Å². The second-order valence-electron chi connectivity index (χ2n) is 7.22. The molecule has 1 saturated heterocycles. The molecule has 1 aromatic heterocycles. The highest BCUT2D eigenvalue weighted by Crippen LogP contribution is 2.32. The summed E-state index contributed by atoms with van der Waals surface area (Å²) in [6.07, 6.45) is 3.63. The van der Waals surface area contributed by atoms with Gasteiger partial charge in [0.2, 0.25) is 0 Å². The van der Waals surface area contributed by atoms with Gasteiger partial charge >= 0.3 is 6.03 Å². The third kappa shape index (κ3) is 4.16. The Kier molecular flexibility index (Phi) is 6.28. The van der Waals surface area contributed by atoms with E-state index >= 15 is 0 Å². The van der Waals surface area contributed by atoms with Gasteiger partial charge in [0.05, 0.1) is 13.2 Å². The van der Waals surface area contributed by atoms with Gasteiger partial charge in [-0.2, -0.15) is 11.8 Å². The van der Waals surface area contributed by atoms with E-state index in [1.807, 2.05) is 76.9 Å². The zero-order chi connectivity index (χ0) is 20.9. The highest BCUT2D eigenvalue weighted by molar-refractivity contribution is 7.99. The fraction of sp³-hybridized carbons (Fsp3) is 0.304. The summed E-state index contributed by atoms with van der Waals surface area (Å²) in [4.78, 5) is 20.0. The van der Waals surface area contributed by atoms with Crippen LogP contribution in [-0.2, 0) is 7.05 Å². The monoisotopic (exact) mass is 422 g/mol. The van der Waals surface area contributed by atoms with Crippen LogP contribution in [0.1, 0.15) is 29.0 Å². The van der Waals surface area contributed by atoms with Gasteiger partial charge in [0.1, 0.15) is 17.6 Å². The molecular weight excluding hydrogens is 396 g/mol. The quantitative estimate of drug-likeness (QED) is 0.675. The molecule has 0 spiro atoms. The Labute approximate surface area is 181 Å². The first-order valence-corrected chi connectivity index (χ1v) is 11.1. The molecule has 0 radical (unpaired) electrons. The van der Waals surface area contributed by atoms with Gasteiger partial charge in [0.25, 0.3) is 0 Å². The second kappa shape index (κ2) is 9.26. The number of benzene rings is 2. The lowest BCUT2D eigenvalue weighted by molar-refractivity contribution is 0.179. The fourth-order valence-electron chi connectivity index (χ4n) is 3.85. The van der Waals surface area contributed by atoms with Gasteiger partial charge in [-0.05, 0) is 11.6 Å². The highest BCUT2D eigenvalue weighted by atomic mass is 32.2. The number of amides is 2. The van der Waals surface area contributed by atoms with Crippen LogP contribution in [0.15, 0.2) is 67.0 Å². The molecule has 7 heteroatoms. The number of nitrogens with one attached hydrogen (secondary N) is 1. The van der Waals surface area contributed by atoms with Crippen molar-refractivity contribution >= 4 is 17.8 Å². The minimum atomic E-state index is -0.417. The highest BCUT2D eigenvalue weighted by Gasteiger charge is 2.31. The molecular formula is C23H26N4O2S. The first-order valence-electron chi connectivity index (χ1n) is 9.99. The normalized spacial score (nSPS) is 17.4. The number of urea groups is 1. The molecule has 2 heterocycles. The molecule has 1 fully saturated rings. The molecule has 3 aromatic rings. The minimum absolute atomic E-state index is 0.0460. The molecule has 2 aromatic carbocycles. The Morgan fingerprint density at radius 1 is 1.20 bits per heavy atom. The summed E-state index contributed by atoms with van der Waals surface area (Å²) < 4.78 is 7.51. The lowest BCUT2D eigenvalue weighted by Crippen LogP contribution is -2.47. The number of hydrogen-bond acceptors (Lipinski definition) is 4. The van der Waals surface area contributed by atoms with Gasteiger partial charge in [-0.1, -0.05) is 48.5 Å². The number of para-hydroxylation sites is 1. The Balaban J connectivity index is 1.65. The number of thioether (sulfide) groups is 1. The summed E-state index contributed by atoms with van der Waals surface area (Å²) >= 11 is 1.88. The van der Waals surface area contributed by atoms with Crippen LogP contribution in [0.2, 0.25) is 0 Å². The summed E-state index contributed by atoms with van der Waals surface area (Å²) in [5.74, 6) is 3.30. The summed E-state index contributed by atoms with van der Waals surface area (Å²) in [6, 6.07) is 17.5. The molecule has 6 nitrogen and oxygen atoms in total. The van der Waals surface area contributed by atoms with Gasteiger partial charge < -0.3 is 19.5 Å². The first kappa shape index (κ1) is 20.3. The maximum atomic E-state index is 13.5. The molecule has 2 atom stereocenters. The van der Waals surface area contributed by atoms with Crippen molar-refractivity contribution in [3.05, 3.63) is 83.9 Å². The van der Waals surface area contributed by atoms with Crippen molar-refractivity contribution < 1.29 is 9.53 Å². The number of rotatable bonds is 5. The van der Waals surface area contributed by atoms with E-state index in [1.54, 1.807) is 13.3 Å². The van der Waals surface area contributed by atoms with E-state index in [4.69, 9.17) is 4.74 Å². The predicted molar refractivity (Wildman–Crippen MR) is 120 cm³/mol. The summed E-state index contributed by atoms with van der Waals surface area (Å²) in [5, 5.41) is 3.24. The first-order chi connectivity index (χ1) is 14.7. The van der Waals surface area contributed by atoms with Crippen LogP contribution in [0.3, 0.4) is 0 Å². The third-order valence-corrected chi connectivity index (χ3v) is 6.43. The minimum Gasteiger partial charge on any atom is -0.496 e. The number of carbonyl (C=O) groups excluding carboxylic acids is 1. The molecule has 0 bridgehead atoms. The standard InChI is InChI=1S/C23H26N4O2S/c1-26-13-12-24-22(26)21(18-10-6-7-11-20(18)29-2)25-23(28)27-14-15-30-16-19(27)17-8-4-3-5-9-17/h3-13,19,21H,14-16H2,1-2H3,(H,25,28). The molecule has 0 saturated carbocycles. The van der Waals surface area contributed by atoms with E-state index < -0.39 is 6.04 Å². The maximum Gasteiger partial charge on any atom is 0.318 e. The van der Waals surface area contributed by atoms with E-state index in [0.29, 0.717) is 6.54 Å². The third-order valence-electron chi connectivity index (χ3n) is 5.41. The zero-order valence-corrected chi connectivity index (χ0v) is 18.0. The lowest BCUT2D eigenvalue weighted by atomic mass is 10.0. The second-order valence-corrected chi connectivity index (χ2v) is 8.37. The van der Waals surface area contributed by atoms with Crippen LogP contribution in [0.4, 0.5) is 4.79 Å². The van der Waals surface area contributed by atoms with Crippen LogP contribution < -0.4 is 10.1 Å². The van der Waals surface area contributed by atoms with Crippen molar-refractivity contribution in [2.24, 2.45) is 7.05 Å². The van der Waals surface area contributed by atoms with Gasteiger partial charge in [-0.25, -0.2) is 9.78 Å². The number of aromatic nitrogens is 2. The summed E-state index contributed by atoms with van der Waals surface area (Å²) in [5.41, 5.74) is 2.04. The van der Waals surface area contributed by atoms with Crippen molar-refractivity contribution in [1.29, 1.82) is 0 Å². The van der Waals surface area contributed by atoms with Crippen molar-refractivity contribution in [2.45, 2.75) is 12.1 Å². The Hall–Kier alpha value is -2.93. The fourth-order valence-corrected chi connectivity index (χ4v) is 4.93. The van der Waals surface area contributed by atoms with E-state index in [9.17, 15) is 4.79 Å². The van der Waals surface area contributed by atoms with Gasteiger partial charge in [0.15, 0.2) is 0 Å². The topological polar surface area (TPSA) is 59.4 Å². The molecule has 4 rings (SSSR count). The molecule has 2 unspecified atom stereocenters. The Bertz CT molecular complexity index is 992. The van der Waals surface area contributed by atoms with Gasteiger partial charge in [0, 0.05) is 43.1 Å². The van der Waals surface area contributed by atoms with Crippen molar-refractivity contribution in [1.82, 2.24) is 19.8 Å². The number of carbonyl (C=O) groups is 1. The number of methoxy groups -OCH3 is 1. The van der Waals surface area contributed by atoms with Crippen molar-refractivity contribution in [3.63, 3.8) is 0 Å². The zero-order valence-electron chi connectivity index (χ0n) is 17.2. The van der Waals surface area contributed by atoms with Crippen LogP contribution in [0.25, 0.3) is 0 Å². The van der Waals surface area contributed by atoms with E-state index in [-0.39, 0.29) is 12.1 Å². The van der Waals surface area contributed by atoms with Gasteiger partial charge in [-0.15, -0.1) is 0 Å². The van der Waals surface area contributed by atoms with Crippen LogP contribution >= 0.6 is 11.8 Å². The number of ether oxygens (including phenoxy) is 1. The summed E-state index contributed by atoms with van der Waals surface area (Å²) in [6.45, 7) is 0.704. The molecule has 1 aliphatic heterocycles. The van der Waals surface area contributed by atoms with E-state index in [2.05, 4.69) is 22.4 Å². The molecule has 30 heavy (non-hydrogen) atoms. The molecule has 1 aliphatic rings. The van der Waals surface area contributed by atoms with Crippen LogP contribution in [0, 0.1) is 0 Å². The number of hydrogen-bond donors (Lipinski definition) is 1. The Morgan fingerprint density at radius 3 is 2.70 bits per heavy atom. The SMILES string of the molecule is COc1ccccc1C(NC(=O)N1CCSCC1c1ccccc1)c1nccn1C. The molecule has 1 N–H and O–H groups in total. The average molecular weight is 423 g/mol. The summed E-state index contributed by atoms with van der Waals surface area (Å²) in [7, 11) is 3.57. The number of nitrogens with zero attached hydrogens (tertiary/aromatic N) is 3. The maximum absolute atomic E-state index is 13.5. The number of imidazole rings is 1. The van der Waals surface area contributed by atoms with Crippen molar-refractivity contribution in [2.75, 3.05) is 25.2 Å². The van der Waals surface area contributed by atoms with E-state index in [0.717, 1.165) is 34.2 Å². The largest absolute Gasteiger partial charge is 0.496 e. The molecule has 156 valence electrons. The smallest absolute Gasteiger partial charge is 0.318 e. The number of aryl methyl sites for hydroxylation is 1. The van der Waals surface area contributed by atoms with Crippen molar-refractivity contribution in [3.8, 4) is 5.75 Å². The molecule has 2 amide bonds. The van der Waals surface area contributed by atoms with Crippen LogP contribution in [0.5, 0.6) is 5.75 Å². The Morgan fingerprint density at radius 2 is 1.97 bits per heavy atom. The lowest BCUT2D eigenvalue weighted by Gasteiger charge is -2.36. The van der Waals surface area contributed by atoms with E-state index in [1.165, 1.54) is 0 Å².